The van der Waals surface area contributed by atoms with Gasteiger partial charge >= 0.3 is 0 Å². The fraction of sp³-hybridized carbons (Fsp3) is 0.200. The van der Waals surface area contributed by atoms with Gasteiger partial charge in [0.05, 0.1) is 10.6 Å². The summed E-state index contributed by atoms with van der Waals surface area (Å²) in [6, 6.07) is 2.11. The van der Waals surface area contributed by atoms with E-state index < -0.39 is 0 Å². The molecule has 14 heavy (non-hydrogen) atoms. The molecular weight excluding hydrogens is 212 g/mol. The Labute approximate surface area is 91.7 Å². The van der Waals surface area contributed by atoms with Gasteiger partial charge in [0.1, 0.15) is 0 Å². The van der Waals surface area contributed by atoms with Gasteiger partial charge in [-0.15, -0.1) is 11.3 Å². The highest BCUT2D eigenvalue weighted by molar-refractivity contribution is 7.71. The molecule has 0 aliphatic heterocycles. The van der Waals surface area contributed by atoms with Gasteiger partial charge in [0, 0.05) is 6.20 Å². The summed E-state index contributed by atoms with van der Waals surface area (Å²) in [5.74, 6) is 0. The van der Waals surface area contributed by atoms with Gasteiger partial charge in [0.25, 0.3) is 0 Å². The molecule has 0 spiro atoms. The summed E-state index contributed by atoms with van der Waals surface area (Å²) in [5, 5.41) is 2.08. The predicted octanol–water partition coefficient (Wildman–Crippen LogP) is 3.48. The van der Waals surface area contributed by atoms with E-state index >= 15 is 0 Å². The minimum absolute atomic E-state index is 0.540. The average molecular weight is 222 g/mol. The van der Waals surface area contributed by atoms with Crippen LogP contribution in [0.2, 0.25) is 0 Å². The van der Waals surface area contributed by atoms with Gasteiger partial charge in [-0.05, 0) is 48.6 Å². The van der Waals surface area contributed by atoms with Gasteiger partial charge in [0.15, 0.2) is 4.77 Å². The third-order valence-corrected chi connectivity index (χ3v) is 3.33. The van der Waals surface area contributed by atoms with Gasteiger partial charge in [-0.25, -0.2) is 4.98 Å². The molecule has 2 nitrogen and oxygen atoms in total. The summed E-state index contributed by atoms with van der Waals surface area (Å²) in [6.07, 6.45) is 1.81. The van der Waals surface area contributed by atoms with Gasteiger partial charge in [-0.2, -0.15) is 0 Å². The fourth-order valence-corrected chi connectivity index (χ4v) is 2.47. The lowest BCUT2D eigenvalue weighted by molar-refractivity contribution is 1.11. The Kier molecular flexibility index (Phi) is 2.48. The van der Waals surface area contributed by atoms with E-state index in [4.69, 9.17) is 12.2 Å². The number of thiophene rings is 1. The second-order valence-corrected chi connectivity index (χ2v) is 4.48. The third-order valence-electron chi connectivity index (χ3n) is 2.09. The number of nitrogens with zero attached hydrogens (tertiary/aromatic N) is 1. The SMILES string of the molecule is Cc1cnc(=S)[nH]c1-c1sccc1C. The molecule has 0 amide bonds. The van der Waals surface area contributed by atoms with Crippen molar-refractivity contribution >= 4 is 23.6 Å². The maximum absolute atomic E-state index is 5.01. The lowest BCUT2D eigenvalue weighted by atomic mass is 10.2. The molecule has 0 aromatic carbocycles. The van der Waals surface area contributed by atoms with Crippen LogP contribution in [0.1, 0.15) is 11.1 Å². The van der Waals surface area contributed by atoms with Crippen LogP contribution in [-0.2, 0) is 0 Å². The van der Waals surface area contributed by atoms with Crippen LogP contribution in [0, 0.1) is 18.6 Å². The highest BCUT2D eigenvalue weighted by Crippen LogP contribution is 2.28. The Bertz CT molecular complexity index is 511. The van der Waals surface area contributed by atoms with Crippen LogP contribution < -0.4 is 0 Å². The van der Waals surface area contributed by atoms with Crippen molar-refractivity contribution in [2.75, 3.05) is 0 Å². The van der Waals surface area contributed by atoms with Gasteiger partial charge in [-0.3, -0.25) is 0 Å². The molecule has 4 heteroatoms. The molecule has 0 aliphatic rings. The lowest BCUT2D eigenvalue weighted by Gasteiger charge is -2.03. The van der Waals surface area contributed by atoms with Crippen molar-refractivity contribution in [3.05, 3.63) is 33.5 Å². The van der Waals surface area contributed by atoms with E-state index in [1.807, 2.05) is 13.1 Å². The molecule has 72 valence electrons. The zero-order valence-corrected chi connectivity index (χ0v) is 9.63. The monoisotopic (exact) mass is 222 g/mol. The van der Waals surface area contributed by atoms with Crippen molar-refractivity contribution in [1.82, 2.24) is 9.97 Å². The average Bonchev–Trinajstić information content (AvgIpc) is 2.56. The predicted molar refractivity (Wildman–Crippen MR) is 62.2 cm³/mol. The van der Waals surface area contributed by atoms with Crippen LogP contribution in [0.3, 0.4) is 0 Å². The minimum atomic E-state index is 0.540. The summed E-state index contributed by atoms with van der Waals surface area (Å²) in [6.45, 7) is 4.13. The number of aromatic amines is 1. The van der Waals surface area contributed by atoms with Crippen LogP contribution in [-0.4, -0.2) is 9.97 Å². The first kappa shape index (κ1) is 9.55. The van der Waals surface area contributed by atoms with Crippen molar-refractivity contribution in [3.8, 4) is 10.6 Å². The van der Waals surface area contributed by atoms with E-state index in [2.05, 4.69) is 28.3 Å². The number of hydrogen-bond acceptors (Lipinski definition) is 3. The topological polar surface area (TPSA) is 28.7 Å². The van der Waals surface area contributed by atoms with Crippen LogP contribution in [0.25, 0.3) is 10.6 Å². The Morgan fingerprint density at radius 3 is 2.79 bits per heavy atom. The van der Waals surface area contributed by atoms with E-state index in [1.54, 1.807) is 11.3 Å². The van der Waals surface area contributed by atoms with Crippen LogP contribution >= 0.6 is 23.6 Å². The molecule has 2 aromatic rings. The van der Waals surface area contributed by atoms with Gasteiger partial charge in [0.2, 0.25) is 0 Å². The standard InChI is InChI=1S/C10H10N2S2/c1-6-3-4-14-9(6)8-7(2)5-11-10(13)12-8/h3-5H,1-2H3,(H,11,12,13). The van der Waals surface area contributed by atoms with E-state index in [0.29, 0.717) is 4.77 Å². The summed E-state index contributed by atoms with van der Waals surface area (Å²) < 4.78 is 0.540. The molecule has 2 aromatic heterocycles. The summed E-state index contributed by atoms with van der Waals surface area (Å²) >= 11 is 6.73. The molecule has 2 rings (SSSR count). The van der Waals surface area contributed by atoms with Gasteiger partial charge in [-0.1, -0.05) is 0 Å². The molecule has 0 radical (unpaired) electrons. The minimum Gasteiger partial charge on any atom is -0.329 e. The highest BCUT2D eigenvalue weighted by Gasteiger charge is 2.06. The molecule has 1 N–H and O–H groups in total. The smallest absolute Gasteiger partial charge is 0.197 e. The second-order valence-electron chi connectivity index (χ2n) is 3.18. The first-order valence-electron chi connectivity index (χ1n) is 4.29. The number of aromatic nitrogens is 2. The Morgan fingerprint density at radius 2 is 2.14 bits per heavy atom. The third kappa shape index (κ3) is 1.63. The molecule has 0 aliphatic carbocycles. The Hall–Kier alpha value is -1.00. The lowest BCUT2D eigenvalue weighted by Crippen LogP contribution is -1.90. The molecule has 0 saturated heterocycles. The first-order valence-corrected chi connectivity index (χ1v) is 5.57. The number of rotatable bonds is 1. The molecule has 0 bridgehead atoms. The van der Waals surface area contributed by atoms with Crippen LogP contribution in [0.15, 0.2) is 17.6 Å². The molecule has 0 saturated carbocycles. The van der Waals surface area contributed by atoms with Crippen molar-refractivity contribution in [2.45, 2.75) is 13.8 Å². The molecular formula is C10H10N2S2. The van der Waals surface area contributed by atoms with E-state index in [-0.39, 0.29) is 0 Å². The first-order chi connectivity index (χ1) is 6.68. The quantitative estimate of drug-likeness (QED) is 0.748. The van der Waals surface area contributed by atoms with Crippen LogP contribution in [0.5, 0.6) is 0 Å². The second kappa shape index (κ2) is 3.63. The Balaban J connectivity index is 2.68. The molecule has 0 unspecified atom stereocenters. The van der Waals surface area contributed by atoms with Gasteiger partial charge < -0.3 is 4.98 Å². The number of H-pyrrole nitrogens is 1. The van der Waals surface area contributed by atoms with Crippen molar-refractivity contribution in [1.29, 1.82) is 0 Å². The summed E-state index contributed by atoms with van der Waals surface area (Å²) in [4.78, 5) is 8.42. The van der Waals surface area contributed by atoms with Crippen molar-refractivity contribution < 1.29 is 0 Å². The molecule has 2 heterocycles. The largest absolute Gasteiger partial charge is 0.329 e. The summed E-state index contributed by atoms with van der Waals surface area (Å²) in [5.41, 5.74) is 3.50. The highest BCUT2D eigenvalue weighted by atomic mass is 32.1. The van der Waals surface area contributed by atoms with Crippen molar-refractivity contribution in [2.24, 2.45) is 0 Å². The van der Waals surface area contributed by atoms with Crippen LogP contribution in [0.4, 0.5) is 0 Å². The van der Waals surface area contributed by atoms with E-state index in [9.17, 15) is 0 Å². The Morgan fingerprint density at radius 1 is 1.36 bits per heavy atom. The maximum atomic E-state index is 5.01. The number of nitrogens with one attached hydrogen (secondary N) is 1. The maximum Gasteiger partial charge on any atom is 0.197 e. The zero-order chi connectivity index (χ0) is 10.1. The van der Waals surface area contributed by atoms with E-state index in [1.165, 1.54) is 10.4 Å². The van der Waals surface area contributed by atoms with E-state index in [0.717, 1.165) is 11.3 Å². The number of aryl methyl sites for hydroxylation is 2. The van der Waals surface area contributed by atoms with Crippen molar-refractivity contribution in [3.63, 3.8) is 0 Å². The normalized spacial score (nSPS) is 10.4. The molecule has 0 fully saturated rings. The summed E-state index contributed by atoms with van der Waals surface area (Å²) in [7, 11) is 0. The fourth-order valence-electron chi connectivity index (χ4n) is 1.32. The molecule has 0 atom stereocenters. The zero-order valence-electron chi connectivity index (χ0n) is 8.00. The number of hydrogen-bond donors (Lipinski definition) is 1.